The van der Waals surface area contributed by atoms with E-state index in [1.165, 1.54) is 0 Å². The average molecular weight is 443 g/mol. The Morgan fingerprint density at radius 2 is 1.97 bits per heavy atom. The number of ether oxygens (including phenoxy) is 1. The summed E-state index contributed by atoms with van der Waals surface area (Å²) >= 11 is 0. The third-order valence-electron chi connectivity index (χ3n) is 5.37. The van der Waals surface area contributed by atoms with Gasteiger partial charge in [-0.2, -0.15) is 13.2 Å². The maximum absolute atomic E-state index is 12.9. The molecule has 1 saturated heterocycles. The topological polar surface area (TPSA) is 63.2 Å². The highest BCUT2D eigenvalue weighted by atomic mass is 19.4. The zero-order valence-corrected chi connectivity index (χ0v) is 17.9. The number of methoxy groups -OCH3 is 1. The van der Waals surface area contributed by atoms with E-state index in [9.17, 15) is 13.2 Å². The Kier molecular flexibility index (Phi) is 6.27. The van der Waals surface area contributed by atoms with Gasteiger partial charge in [-0.3, -0.25) is 0 Å². The number of hydrogen-bond donors (Lipinski definition) is 1. The maximum atomic E-state index is 12.9. The maximum Gasteiger partial charge on any atom is 0.433 e. The van der Waals surface area contributed by atoms with Crippen LogP contribution in [0.5, 0.6) is 0 Å². The fraction of sp³-hybridized carbons (Fsp3) is 0.348. The molecule has 1 aliphatic rings. The summed E-state index contributed by atoms with van der Waals surface area (Å²) in [6.45, 7) is 4.55. The summed E-state index contributed by atoms with van der Waals surface area (Å²) < 4.78 is 44.0. The van der Waals surface area contributed by atoms with E-state index in [2.05, 4.69) is 25.2 Å². The van der Waals surface area contributed by atoms with Gasteiger partial charge in [0.15, 0.2) is 0 Å². The lowest BCUT2D eigenvalue weighted by molar-refractivity contribution is -0.141. The normalized spacial score (nSPS) is 16.4. The lowest BCUT2D eigenvalue weighted by Crippen LogP contribution is -2.21. The largest absolute Gasteiger partial charge is 0.433 e. The molecule has 32 heavy (non-hydrogen) atoms. The first-order valence-corrected chi connectivity index (χ1v) is 10.3. The second kappa shape index (κ2) is 9.12. The van der Waals surface area contributed by atoms with Gasteiger partial charge in [0.2, 0.25) is 5.95 Å². The van der Waals surface area contributed by atoms with Gasteiger partial charge >= 0.3 is 6.18 Å². The van der Waals surface area contributed by atoms with Crippen molar-refractivity contribution in [2.75, 3.05) is 37.0 Å². The number of hydrogen-bond acceptors (Lipinski definition) is 6. The predicted octanol–water partition coefficient (Wildman–Crippen LogP) is 5.08. The number of aryl methyl sites for hydroxylation is 1. The molecule has 0 spiro atoms. The fourth-order valence-corrected chi connectivity index (χ4v) is 3.88. The molecule has 3 heterocycles. The highest BCUT2D eigenvalue weighted by Gasteiger charge is 2.32. The number of benzene rings is 1. The summed E-state index contributed by atoms with van der Waals surface area (Å²) in [5.41, 5.74) is 2.38. The molecule has 0 aliphatic carbocycles. The van der Waals surface area contributed by atoms with Crippen molar-refractivity contribution in [3.05, 3.63) is 60.0 Å². The van der Waals surface area contributed by atoms with Gasteiger partial charge in [-0.05, 0) is 54.8 Å². The monoisotopic (exact) mass is 443 g/mol. The molecule has 1 atom stereocenters. The quantitative estimate of drug-likeness (QED) is 0.573. The molecule has 1 aromatic carbocycles. The second-order valence-corrected chi connectivity index (χ2v) is 7.94. The van der Waals surface area contributed by atoms with Gasteiger partial charge in [0.25, 0.3) is 0 Å². The van der Waals surface area contributed by atoms with Crippen LogP contribution in [0.4, 0.5) is 30.6 Å². The lowest BCUT2D eigenvalue weighted by Gasteiger charge is -2.18. The lowest BCUT2D eigenvalue weighted by atomic mass is 10.0. The first kappa shape index (κ1) is 22.0. The number of alkyl halides is 3. The minimum atomic E-state index is -4.52. The van der Waals surface area contributed by atoms with E-state index in [0.717, 1.165) is 60.9 Å². The first-order chi connectivity index (χ1) is 15.3. The van der Waals surface area contributed by atoms with E-state index in [1.807, 2.05) is 43.5 Å². The third-order valence-corrected chi connectivity index (χ3v) is 5.37. The van der Waals surface area contributed by atoms with E-state index in [-0.39, 0.29) is 5.95 Å². The number of halogens is 3. The zero-order chi connectivity index (χ0) is 22.7. The van der Waals surface area contributed by atoms with E-state index in [1.54, 1.807) is 7.11 Å². The molecule has 0 bridgehead atoms. The number of pyridine rings is 1. The molecule has 2 aromatic heterocycles. The van der Waals surface area contributed by atoms with Crippen LogP contribution in [0, 0.1) is 12.8 Å². The highest BCUT2D eigenvalue weighted by molar-refractivity contribution is 5.71. The Hall–Kier alpha value is -3.20. The number of nitrogens with one attached hydrogen (secondary N) is 1. The zero-order valence-electron chi connectivity index (χ0n) is 17.9. The minimum absolute atomic E-state index is 0.107. The molecule has 9 heteroatoms. The van der Waals surface area contributed by atoms with Gasteiger partial charge in [0, 0.05) is 49.8 Å². The SMILES string of the molecule is COCC1CCN(c2ccc(-c3cc(C)cc(Nc4nccc(C(F)(F)F)n4)c3)cn2)C1. The first-order valence-electron chi connectivity index (χ1n) is 10.3. The van der Waals surface area contributed by atoms with Crippen LogP contribution in [0.1, 0.15) is 17.7 Å². The molecular formula is C23H24F3N5O. The third kappa shape index (κ3) is 5.16. The Morgan fingerprint density at radius 1 is 1.12 bits per heavy atom. The average Bonchev–Trinajstić information content (AvgIpc) is 3.22. The van der Waals surface area contributed by atoms with E-state index >= 15 is 0 Å². The van der Waals surface area contributed by atoms with Gasteiger partial charge < -0.3 is 15.0 Å². The molecule has 1 fully saturated rings. The van der Waals surface area contributed by atoms with Crippen molar-refractivity contribution in [2.45, 2.75) is 19.5 Å². The molecule has 168 valence electrons. The number of anilines is 3. The number of aromatic nitrogens is 3. The summed E-state index contributed by atoms with van der Waals surface area (Å²) in [5.74, 6) is 1.34. The van der Waals surface area contributed by atoms with Crippen LogP contribution >= 0.6 is 0 Å². The van der Waals surface area contributed by atoms with Crippen molar-refractivity contribution in [1.29, 1.82) is 0 Å². The second-order valence-electron chi connectivity index (χ2n) is 7.94. The summed E-state index contributed by atoms with van der Waals surface area (Å²) in [6.07, 6.45) is -0.531. The van der Waals surface area contributed by atoms with Gasteiger partial charge in [-0.1, -0.05) is 6.07 Å². The van der Waals surface area contributed by atoms with Crippen molar-refractivity contribution < 1.29 is 17.9 Å². The van der Waals surface area contributed by atoms with Gasteiger partial charge in [-0.15, -0.1) is 0 Å². The van der Waals surface area contributed by atoms with Gasteiger partial charge in [-0.25, -0.2) is 15.0 Å². The Balaban J connectivity index is 1.52. The summed E-state index contributed by atoms with van der Waals surface area (Å²) in [7, 11) is 1.72. The molecular weight excluding hydrogens is 419 g/mol. The van der Waals surface area contributed by atoms with Gasteiger partial charge in [0.05, 0.1) is 6.61 Å². The molecule has 1 aliphatic heterocycles. The van der Waals surface area contributed by atoms with Crippen molar-refractivity contribution in [3.63, 3.8) is 0 Å². The van der Waals surface area contributed by atoms with Crippen LogP contribution in [0.15, 0.2) is 48.8 Å². The molecule has 0 amide bonds. The summed E-state index contributed by atoms with van der Waals surface area (Å²) in [4.78, 5) is 14.4. The highest BCUT2D eigenvalue weighted by Crippen LogP contribution is 2.30. The van der Waals surface area contributed by atoms with E-state index in [4.69, 9.17) is 4.74 Å². The van der Waals surface area contributed by atoms with E-state index in [0.29, 0.717) is 11.6 Å². The molecule has 1 unspecified atom stereocenters. The molecule has 0 radical (unpaired) electrons. The molecule has 0 saturated carbocycles. The Labute approximate surface area is 184 Å². The van der Waals surface area contributed by atoms with E-state index < -0.39 is 11.9 Å². The van der Waals surface area contributed by atoms with Crippen LogP contribution in [-0.2, 0) is 10.9 Å². The minimum Gasteiger partial charge on any atom is -0.384 e. The van der Waals surface area contributed by atoms with Crippen LogP contribution in [0.3, 0.4) is 0 Å². The fourth-order valence-electron chi connectivity index (χ4n) is 3.88. The van der Waals surface area contributed by atoms with Crippen LogP contribution in [-0.4, -0.2) is 41.8 Å². The van der Waals surface area contributed by atoms with Crippen molar-refractivity contribution in [3.8, 4) is 11.1 Å². The van der Waals surface area contributed by atoms with Crippen molar-refractivity contribution >= 4 is 17.5 Å². The predicted molar refractivity (Wildman–Crippen MR) is 117 cm³/mol. The molecule has 6 nitrogen and oxygen atoms in total. The summed E-state index contributed by atoms with van der Waals surface area (Å²) in [5, 5.41) is 2.88. The van der Waals surface area contributed by atoms with Crippen molar-refractivity contribution in [2.24, 2.45) is 5.92 Å². The Morgan fingerprint density at radius 3 is 2.69 bits per heavy atom. The smallest absolute Gasteiger partial charge is 0.384 e. The number of rotatable bonds is 6. The van der Waals surface area contributed by atoms with Crippen molar-refractivity contribution in [1.82, 2.24) is 15.0 Å². The number of nitrogens with zero attached hydrogens (tertiary/aromatic N) is 4. The Bertz CT molecular complexity index is 1070. The summed E-state index contributed by atoms with van der Waals surface area (Å²) in [6, 6.07) is 10.5. The van der Waals surface area contributed by atoms with Crippen LogP contribution in [0.25, 0.3) is 11.1 Å². The standard InChI is InChI=1S/C23H24F3N5O/c1-15-9-18(11-19(10-15)29-22-27-7-5-20(30-22)23(24,25)26)17-3-4-21(28-12-17)31-8-6-16(13-31)14-32-2/h3-5,7,9-12,16H,6,8,13-14H2,1-2H3,(H,27,29,30). The van der Waals surface area contributed by atoms with Gasteiger partial charge in [0.1, 0.15) is 11.5 Å². The molecule has 4 rings (SSSR count). The van der Waals surface area contributed by atoms with Crippen LogP contribution < -0.4 is 10.2 Å². The molecule has 3 aromatic rings. The molecule has 1 N–H and O–H groups in total. The van der Waals surface area contributed by atoms with Crippen LogP contribution in [0.2, 0.25) is 0 Å².